The molecule has 10 heteroatoms. The Labute approximate surface area is 192 Å². The fourth-order valence-electron chi connectivity index (χ4n) is 4.79. The Morgan fingerprint density at radius 2 is 1.88 bits per heavy atom. The summed E-state index contributed by atoms with van der Waals surface area (Å²) in [5.41, 5.74) is 9.03. The van der Waals surface area contributed by atoms with Crippen molar-refractivity contribution in [3.05, 3.63) is 40.8 Å². The minimum absolute atomic E-state index is 0.0387. The molecule has 0 saturated carbocycles. The number of fused-ring (bicyclic) bond motifs is 1. The van der Waals surface area contributed by atoms with E-state index in [0.717, 1.165) is 23.5 Å². The summed E-state index contributed by atoms with van der Waals surface area (Å²) in [4.78, 5) is 22.5. The fraction of sp³-hybridized carbons (Fsp3) is 0.522. The van der Waals surface area contributed by atoms with Gasteiger partial charge in [0.1, 0.15) is 11.4 Å². The standard InChI is InChI=1S/C23H31N7O3/c1-15-11-28(12-16(2)33-15)20-19(17-7-5-4-6-8-17)25-22(24)30-21(20)26-29(23(30)31)13-18-14-32-10-9-27(18)3/h4-8,15-16,18H,9-14H2,1-3H3,(H2,24,25)/t15?,16?,18-/m1/s1. The lowest BCUT2D eigenvalue weighted by Crippen LogP contribution is -2.46. The van der Waals surface area contributed by atoms with Gasteiger partial charge in [0.2, 0.25) is 5.95 Å². The molecule has 0 amide bonds. The Balaban J connectivity index is 1.68. The molecule has 0 aliphatic carbocycles. The maximum absolute atomic E-state index is 13.4. The van der Waals surface area contributed by atoms with Crippen molar-refractivity contribution in [3.8, 4) is 11.3 Å². The molecule has 2 fully saturated rings. The van der Waals surface area contributed by atoms with Crippen LogP contribution in [0.2, 0.25) is 0 Å². The van der Waals surface area contributed by atoms with Crippen LogP contribution in [-0.4, -0.2) is 82.2 Å². The van der Waals surface area contributed by atoms with E-state index in [2.05, 4.69) is 23.6 Å². The van der Waals surface area contributed by atoms with Gasteiger partial charge in [-0.3, -0.25) is 4.90 Å². The SMILES string of the molecule is CC1CN(c2c(-c3ccccc3)nc(N)n3c(=O)n(C[C@@H]4COCCN4C)nc23)CC(C)O1. The van der Waals surface area contributed by atoms with Crippen LogP contribution >= 0.6 is 0 Å². The second-order valence-electron chi connectivity index (χ2n) is 9.03. The summed E-state index contributed by atoms with van der Waals surface area (Å²) >= 11 is 0. The predicted molar refractivity (Wildman–Crippen MR) is 127 cm³/mol. The highest BCUT2D eigenvalue weighted by molar-refractivity contribution is 5.86. The molecule has 5 rings (SSSR count). The average Bonchev–Trinajstić information content (AvgIpc) is 3.11. The van der Waals surface area contributed by atoms with E-state index in [0.29, 0.717) is 38.5 Å². The average molecular weight is 454 g/mol. The van der Waals surface area contributed by atoms with E-state index in [1.807, 2.05) is 37.4 Å². The number of rotatable bonds is 4. The van der Waals surface area contributed by atoms with Crippen LogP contribution in [0.3, 0.4) is 0 Å². The number of nitrogens with two attached hydrogens (primary N) is 1. The monoisotopic (exact) mass is 453 g/mol. The molecule has 0 spiro atoms. The van der Waals surface area contributed by atoms with E-state index in [4.69, 9.17) is 25.3 Å². The summed E-state index contributed by atoms with van der Waals surface area (Å²) in [6.45, 7) is 7.95. The number of aromatic nitrogens is 4. The van der Waals surface area contributed by atoms with Gasteiger partial charge >= 0.3 is 5.69 Å². The number of benzene rings is 1. The third-order valence-corrected chi connectivity index (χ3v) is 6.42. The Hall–Kier alpha value is -2.95. The quantitative estimate of drug-likeness (QED) is 0.626. The van der Waals surface area contributed by atoms with E-state index < -0.39 is 0 Å². The molecule has 2 aromatic heterocycles. The molecule has 3 atom stereocenters. The molecular formula is C23H31N7O3. The van der Waals surface area contributed by atoms with Crippen molar-refractivity contribution in [2.75, 3.05) is 50.5 Å². The van der Waals surface area contributed by atoms with E-state index >= 15 is 0 Å². The molecule has 0 radical (unpaired) electrons. The topological polar surface area (TPSA) is 103 Å². The van der Waals surface area contributed by atoms with Crippen LogP contribution in [0.4, 0.5) is 11.6 Å². The number of likely N-dealkylation sites (N-methyl/N-ethyl adjacent to an activating group) is 1. The van der Waals surface area contributed by atoms with Crippen LogP contribution in [0.5, 0.6) is 0 Å². The zero-order valence-corrected chi connectivity index (χ0v) is 19.3. The van der Waals surface area contributed by atoms with Gasteiger partial charge in [-0.1, -0.05) is 30.3 Å². The largest absolute Gasteiger partial charge is 0.378 e. The van der Waals surface area contributed by atoms with Crippen LogP contribution in [0.1, 0.15) is 13.8 Å². The van der Waals surface area contributed by atoms with Gasteiger partial charge in [0, 0.05) is 25.2 Å². The number of hydrogen-bond acceptors (Lipinski definition) is 8. The fourth-order valence-corrected chi connectivity index (χ4v) is 4.79. The summed E-state index contributed by atoms with van der Waals surface area (Å²) < 4.78 is 14.5. The molecule has 33 heavy (non-hydrogen) atoms. The first-order valence-electron chi connectivity index (χ1n) is 11.4. The first kappa shape index (κ1) is 21.9. The summed E-state index contributed by atoms with van der Waals surface area (Å²) in [7, 11) is 2.04. The normalized spacial score (nSPS) is 24.5. The summed E-state index contributed by atoms with van der Waals surface area (Å²) in [5, 5.41) is 4.80. The summed E-state index contributed by atoms with van der Waals surface area (Å²) in [5.74, 6) is 0.131. The first-order valence-corrected chi connectivity index (χ1v) is 11.4. The predicted octanol–water partition coefficient (Wildman–Crippen LogP) is 1.08. The van der Waals surface area contributed by atoms with E-state index in [1.54, 1.807) is 0 Å². The number of nitrogens with zero attached hydrogens (tertiary/aromatic N) is 6. The van der Waals surface area contributed by atoms with Gasteiger partial charge in [0.25, 0.3) is 0 Å². The van der Waals surface area contributed by atoms with Crippen LogP contribution in [0.25, 0.3) is 16.9 Å². The molecule has 4 heterocycles. The van der Waals surface area contributed by atoms with Gasteiger partial charge < -0.3 is 20.1 Å². The smallest absolute Gasteiger partial charge is 0.353 e. The van der Waals surface area contributed by atoms with Gasteiger partial charge in [0.15, 0.2) is 5.65 Å². The van der Waals surface area contributed by atoms with Crippen molar-refractivity contribution in [1.82, 2.24) is 24.1 Å². The molecule has 176 valence electrons. The number of ether oxygens (including phenoxy) is 2. The van der Waals surface area contributed by atoms with Gasteiger partial charge in [-0.05, 0) is 20.9 Å². The number of anilines is 2. The molecule has 2 aliphatic rings. The van der Waals surface area contributed by atoms with Gasteiger partial charge in [-0.2, -0.15) is 0 Å². The summed E-state index contributed by atoms with van der Waals surface area (Å²) in [6.07, 6.45) is 0.0774. The van der Waals surface area contributed by atoms with Gasteiger partial charge in [-0.25, -0.2) is 18.9 Å². The van der Waals surface area contributed by atoms with Crippen molar-refractivity contribution in [3.63, 3.8) is 0 Å². The lowest BCUT2D eigenvalue weighted by molar-refractivity contribution is -0.00516. The van der Waals surface area contributed by atoms with Crippen molar-refractivity contribution >= 4 is 17.3 Å². The Kier molecular flexibility index (Phi) is 5.81. The lowest BCUT2D eigenvalue weighted by atomic mass is 10.1. The highest BCUT2D eigenvalue weighted by Gasteiger charge is 2.30. The Bertz CT molecular complexity index is 1180. The number of morpholine rings is 2. The van der Waals surface area contributed by atoms with Crippen molar-refractivity contribution in [2.24, 2.45) is 0 Å². The van der Waals surface area contributed by atoms with Crippen molar-refractivity contribution in [2.45, 2.75) is 38.6 Å². The molecule has 2 saturated heterocycles. The molecule has 1 aromatic carbocycles. The molecule has 2 unspecified atom stereocenters. The maximum atomic E-state index is 13.4. The Morgan fingerprint density at radius 1 is 1.15 bits per heavy atom. The van der Waals surface area contributed by atoms with Crippen molar-refractivity contribution < 1.29 is 9.47 Å². The van der Waals surface area contributed by atoms with Crippen LogP contribution < -0.4 is 16.3 Å². The summed E-state index contributed by atoms with van der Waals surface area (Å²) in [6, 6.07) is 9.96. The molecular weight excluding hydrogens is 422 g/mol. The lowest BCUT2D eigenvalue weighted by Gasteiger charge is -2.37. The van der Waals surface area contributed by atoms with E-state index in [1.165, 1.54) is 9.08 Å². The zero-order valence-electron chi connectivity index (χ0n) is 19.3. The van der Waals surface area contributed by atoms with Crippen LogP contribution in [0, 0.1) is 0 Å². The molecule has 3 aromatic rings. The molecule has 2 N–H and O–H groups in total. The molecule has 10 nitrogen and oxygen atoms in total. The maximum Gasteiger partial charge on any atom is 0.353 e. The van der Waals surface area contributed by atoms with E-state index in [-0.39, 0.29) is 29.9 Å². The third kappa shape index (κ3) is 4.09. The Morgan fingerprint density at radius 3 is 2.58 bits per heavy atom. The second-order valence-corrected chi connectivity index (χ2v) is 9.03. The van der Waals surface area contributed by atoms with E-state index in [9.17, 15) is 4.79 Å². The highest BCUT2D eigenvalue weighted by atomic mass is 16.5. The third-order valence-electron chi connectivity index (χ3n) is 6.42. The van der Waals surface area contributed by atoms with Crippen LogP contribution in [-0.2, 0) is 16.0 Å². The molecule has 2 aliphatic heterocycles. The second kappa shape index (κ2) is 8.77. The highest BCUT2D eigenvalue weighted by Crippen LogP contribution is 2.35. The minimum atomic E-state index is -0.288. The zero-order chi connectivity index (χ0) is 23.1. The first-order chi connectivity index (χ1) is 15.9. The number of nitrogen functional groups attached to an aromatic ring is 1. The van der Waals surface area contributed by atoms with Crippen LogP contribution in [0.15, 0.2) is 35.1 Å². The van der Waals surface area contributed by atoms with Crippen molar-refractivity contribution in [1.29, 1.82) is 0 Å². The van der Waals surface area contributed by atoms with Gasteiger partial charge in [0.05, 0.1) is 38.0 Å². The van der Waals surface area contributed by atoms with Gasteiger partial charge in [-0.15, -0.1) is 5.10 Å². The molecule has 0 bridgehead atoms. The number of hydrogen-bond donors (Lipinski definition) is 1. The minimum Gasteiger partial charge on any atom is -0.378 e.